The number of nitrogens with one attached hydrogen (secondary N) is 1. The molecule has 1 aliphatic rings. The van der Waals surface area contributed by atoms with E-state index in [1.807, 2.05) is 29.2 Å². The highest BCUT2D eigenvalue weighted by atomic mass is 19.4. The van der Waals surface area contributed by atoms with Crippen LogP contribution in [0.1, 0.15) is 30.5 Å². The number of halogens is 3. The van der Waals surface area contributed by atoms with Crippen molar-refractivity contribution in [1.29, 1.82) is 0 Å². The summed E-state index contributed by atoms with van der Waals surface area (Å²) in [5.74, 6) is 0.795. The molecule has 0 radical (unpaired) electrons. The van der Waals surface area contributed by atoms with Gasteiger partial charge in [-0.25, -0.2) is 0 Å². The van der Waals surface area contributed by atoms with E-state index in [1.54, 1.807) is 19.2 Å². The lowest BCUT2D eigenvalue weighted by Gasteiger charge is -2.24. The molecule has 0 aliphatic carbocycles. The minimum atomic E-state index is -4.34. The second-order valence-electron chi connectivity index (χ2n) is 6.61. The van der Waals surface area contributed by atoms with E-state index in [0.717, 1.165) is 23.8 Å². The number of rotatable bonds is 5. The van der Waals surface area contributed by atoms with Crippen LogP contribution in [0.15, 0.2) is 48.5 Å². The average molecular weight is 364 g/mol. The van der Waals surface area contributed by atoms with Crippen LogP contribution in [0, 0.1) is 0 Å². The molecule has 1 heterocycles. The Morgan fingerprint density at radius 1 is 1.15 bits per heavy atom. The van der Waals surface area contributed by atoms with Gasteiger partial charge in [0.05, 0.1) is 12.7 Å². The van der Waals surface area contributed by atoms with Gasteiger partial charge in [0.2, 0.25) is 0 Å². The van der Waals surface area contributed by atoms with Crippen molar-refractivity contribution in [2.24, 2.45) is 0 Å². The first-order chi connectivity index (χ1) is 12.4. The van der Waals surface area contributed by atoms with Crippen LogP contribution in [0.5, 0.6) is 5.75 Å². The first-order valence-electron chi connectivity index (χ1n) is 8.69. The van der Waals surface area contributed by atoms with E-state index in [2.05, 4.69) is 12.2 Å². The third-order valence-electron chi connectivity index (χ3n) is 4.82. The Balaban J connectivity index is 1.68. The number of anilines is 1. The first-order valence-corrected chi connectivity index (χ1v) is 8.69. The van der Waals surface area contributed by atoms with Crippen molar-refractivity contribution >= 4 is 5.69 Å². The summed E-state index contributed by atoms with van der Waals surface area (Å²) in [4.78, 5) is 1.82. The zero-order chi connectivity index (χ0) is 18.7. The van der Waals surface area contributed by atoms with Crippen LogP contribution in [0.2, 0.25) is 0 Å². The summed E-state index contributed by atoms with van der Waals surface area (Å²) >= 11 is 0. The minimum Gasteiger partial charge on any atom is -0.497 e. The third-order valence-corrected chi connectivity index (χ3v) is 4.82. The normalized spacial score (nSPS) is 18.8. The highest BCUT2D eigenvalue weighted by Gasteiger charge is 2.36. The predicted molar refractivity (Wildman–Crippen MR) is 96.6 cm³/mol. The minimum absolute atomic E-state index is 0.0907. The van der Waals surface area contributed by atoms with E-state index in [1.165, 1.54) is 6.07 Å². The molecule has 2 aromatic carbocycles. The molecule has 1 fully saturated rings. The summed E-state index contributed by atoms with van der Waals surface area (Å²) < 4.78 is 45.0. The second kappa shape index (κ2) is 7.58. The summed E-state index contributed by atoms with van der Waals surface area (Å²) in [5.41, 5.74) is 0.790. The van der Waals surface area contributed by atoms with E-state index < -0.39 is 11.7 Å². The monoisotopic (exact) mass is 364 g/mol. The van der Waals surface area contributed by atoms with Gasteiger partial charge in [-0.3, -0.25) is 0 Å². The molecular weight excluding hydrogens is 341 g/mol. The van der Waals surface area contributed by atoms with Crippen LogP contribution < -0.4 is 15.0 Å². The molecule has 0 amide bonds. The lowest BCUT2D eigenvalue weighted by Crippen LogP contribution is -2.34. The van der Waals surface area contributed by atoms with Crippen LogP contribution in [0.4, 0.5) is 18.9 Å². The zero-order valence-corrected chi connectivity index (χ0v) is 14.9. The lowest BCUT2D eigenvalue weighted by molar-refractivity contribution is -0.137. The number of para-hydroxylation sites is 1. The molecule has 6 heteroatoms. The number of ether oxygens (including phenoxy) is 1. The maximum Gasteiger partial charge on any atom is 0.418 e. The largest absolute Gasteiger partial charge is 0.497 e. The van der Waals surface area contributed by atoms with Crippen LogP contribution in [0.25, 0.3) is 0 Å². The van der Waals surface area contributed by atoms with Gasteiger partial charge in [-0.1, -0.05) is 24.3 Å². The van der Waals surface area contributed by atoms with Gasteiger partial charge in [-0.05, 0) is 43.2 Å². The molecule has 3 rings (SSSR count). The quantitative estimate of drug-likeness (QED) is 0.836. The standard InChI is InChI=1S/C20H23F3N2O/c1-14(15-6-5-7-17(12-15)26-2)24-16-10-11-25(13-16)19-9-4-3-8-18(19)20(21,22)23/h3-9,12,14,16,24H,10-11,13H2,1-2H3. The molecule has 26 heavy (non-hydrogen) atoms. The van der Waals surface area contributed by atoms with Gasteiger partial charge >= 0.3 is 6.18 Å². The van der Waals surface area contributed by atoms with Crippen molar-refractivity contribution in [2.75, 3.05) is 25.1 Å². The molecule has 2 atom stereocenters. The molecule has 2 unspecified atom stereocenters. The van der Waals surface area contributed by atoms with Gasteiger partial charge in [0.25, 0.3) is 0 Å². The molecule has 2 aromatic rings. The fraction of sp³-hybridized carbons (Fsp3) is 0.400. The van der Waals surface area contributed by atoms with Crippen LogP contribution >= 0.6 is 0 Å². The molecule has 1 aliphatic heterocycles. The van der Waals surface area contributed by atoms with Crippen molar-refractivity contribution in [3.05, 3.63) is 59.7 Å². The summed E-state index contributed by atoms with van der Waals surface area (Å²) in [6, 6.07) is 13.8. The van der Waals surface area contributed by atoms with Gasteiger partial charge in [-0.15, -0.1) is 0 Å². The SMILES string of the molecule is COc1cccc(C(C)NC2CCN(c3ccccc3C(F)(F)F)C2)c1. The van der Waals surface area contributed by atoms with Gasteiger partial charge in [0.1, 0.15) is 5.75 Å². The average Bonchev–Trinajstić information content (AvgIpc) is 3.09. The number of nitrogens with zero attached hydrogens (tertiary/aromatic N) is 1. The van der Waals surface area contributed by atoms with E-state index in [4.69, 9.17) is 4.74 Å². The molecule has 0 aromatic heterocycles. The number of hydrogen-bond acceptors (Lipinski definition) is 3. The lowest BCUT2D eigenvalue weighted by atomic mass is 10.1. The Morgan fingerprint density at radius 2 is 1.92 bits per heavy atom. The predicted octanol–water partition coefficient (Wildman–Crippen LogP) is 4.64. The van der Waals surface area contributed by atoms with Gasteiger partial charge in [-0.2, -0.15) is 13.2 Å². The second-order valence-corrected chi connectivity index (χ2v) is 6.61. The molecule has 0 bridgehead atoms. The van der Waals surface area contributed by atoms with Gasteiger partial charge in [0, 0.05) is 30.9 Å². The Bertz CT molecular complexity index is 748. The molecule has 0 saturated carbocycles. The number of benzene rings is 2. The van der Waals surface area contributed by atoms with E-state index >= 15 is 0 Å². The van der Waals surface area contributed by atoms with Crippen molar-refractivity contribution in [3.8, 4) is 5.75 Å². The fourth-order valence-corrected chi connectivity index (χ4v) is 3.46. The van der Waals surface area contributed by atoms with Crippen molar-refractivity contribution in [3.63, 3.8) is 0 Å². The molecule has 140 valence electrons. The van der Waals surface area contributed by atoms with E-state index in [0.29, 0.717) is 13.1 Å². The molecule has 3 nitrogen and oxygen atoms in total. The highest BCUT2D eigenvalue weighted by molar-refractivity contribution is 5.56. The smallest absolute Gasteiger partial charge is 0.418 e. The van der Waals surface area contributed by atoms with Gasteiger partial charge < -0.3 is 15.0 Å². The van der Waals surface area contributed by atoms with Crippen LogP contribution in [0.3, 0.4) is 0 Å². The molecule has 0 spiro atoms. The third kappa shape index (κ3) is 4.12. The number of alkyl halides is 3. The topological polar surface area (TPSA) is 24.5 Å². The summed E-state index contributed by atoms with van der Waals surface area (Å²) in [7, 11) is 1.63. The molecule has 1 N–H and O–H groups in total. The van der Waals surface area contributed by atoms with Gasteiger partial charge in [0.15, 0.2) is 0 Å². The Hall–Kier alpha value is -2.21. The van der Waals surface area contributed by atoms with E-state index in [9.17, 15) is 13.2 Å². The Kier molecular flexibility index (Phi) is 5.41. The Morgan fingerprint density at radius 3 is 2.65 bits per heavy atom. The molecule has 1 saturated heterocycles. The highest BCUT2D eigenvalue weighted by Crippen LogP contribution is 2.37. The maximum atomic E-state index is 13.2. The molecular formula is C20H23F3N2O. The fourth-order valence-electron chi connectivity index (χ4n) is 3.46. The number of methoxy groups -OCH3 is 1. The first kappa shape index (κ1) is 18.6. The van der Waals surface area contributed by atoms with Crippen molar-refractivity contribution in [1.82, 2.24) is 5.32 Å². The van der Waals surface area contributed by atoms with Crippen LogP contribution in [-0.2, 0) is 6.18 Å². The van der Waals surface area contributed by atoms with Crippen molar-refractivity contribution < 1.29 is 17.9 Å². The van der Waals surface area contributed by atoms with Crippen LogP contribution in [-0.4, -0.2) is 26.2 Å². The maximum absolute atomic E-state index is 13.2. The summed E-state index contributed by atoms with van der Waals surface area (Å²) in [6.45, 7) is 3.22. The van der Waals surface area contributed by atoms with Crippen molar-refractivity contribution in [2.45, 2.75) is 31.6 Å². The van der Waals surface area contributed by atoms with E-state index in [-0.39, 0.29) is 17.8 Å². The zero-order valence-electron chi connectivity index (χ0n) is 14.9. The summed E-state index contributed by atoms with van der Waals surface area (Å²) in [6.07, 6.45) is -3.53. The number of hydrogen-bond donors (Lipinski definition) is 1. The summed E-state index contributed by atoms with van der Waals surface area (Å²) in [5, 5.41) is 3.53. The Labute approximate surface area is 151 Å².